The van der Waals surface area contributed by atoms with E-state index in [9.17, 15) is 9.90 Å². The van der Waals surface area contributed by atoms with Crippen LogP contribution in [0.5, 0.6) is 0 Å². The van der Waals surface area contributed by atoms with Crippen LogP contribution in [0.25, 0.3) is 0 Å². The molecular formula is C14H29N3O2. The maximum Gasteiger partial charge on any atom is 0.342 e. The fourth-order valence-electron chi connectivity index (χ4n) is 1.83. The minimum Gasteiger partial charge on any atom is -0.550 e. The number of hydrogen-bond donors (Lipinski definition) is 2. The number of unbranched alkanes of at least 4 members (excludes halogenated alkanes) is 7. The van der Waals surface area contributed by atoms with Gasteiger partial charge in [0.1, 0.15) is 0 Å². The van der Waals surface area contributed by atoms with Crippen molar-refractivity contribution in [1.29, 1.82) is 0 Å². The number of carboxylic acids is 1. The van der Waals surface area contributed by atoms with Crippen LogP contribution < -0.4 is 16.2 Å². The molecule has 0 aromatic rings. The Morgan fingerprint density at radius 2 is 1.47 bits per heavy atom. The summed E-state index contributed by atoms with van der Waals surface area (Å²) >= 11 is 0. The zero-order chi connectivity index (χ0) is 14.5. The van der Waals surface area contributed by atoms with Crippen LogP contribution in [0.3, 0.4) is 0 Å². The third kappa shape index (κ3) is 13.0. The Morgan fingerprint density at radius 1 is 1.00 bits per heavy atom. The average molecular weight is 271 g/mol. The minimum absolute atomic E-state index is 0.204. The van der Waals surface area contributed by atoms with E-state index in [1.807, 2.05) is 18.7 Å². The molecule has 0 atom stereocenters. The number of guanidine groups is 1. The van der Waals surface area contributed by atoms with Gasteiger partial charge in [-0.1, -0.05) is 38.5 Å². The summed E-state index contributed by atoms with van der Waals surface area (Å²) in [5, 5.41) is 13.4. The highest BCUT2D eigenvalue weighted by Crippen LogP contribution is 2.09. The van der Waals surface area contributed by atoms with Crippen LogP contribution in [-0.4, -0.2) is 37.1 Å². The third-order valence-corrected chi connectivity index (χ3v) is 3.10. The molecule has 0 rings (SSSR count). The van der Waals surface area contributed by atoms with Gasteiger partial charge in [0.25, 0.3) is 0 Å². The number of carboxylic acid groups (broad SMARTS) is 1. The van der Waals surface area contributed by atoms with Gasteiger partial charge in [-0.25, -0.2) is 0 Å². The monoisotopic (exact) mass is 271 g/mol. The van der Waals surface area contributed by atoms with Crippen molar-refractivity contribution in [2.24, 2.45) is 5.73 Å². The minimum atomic E-state index is -0.929. The molecule has 0 aromatic heterocycles. The summed E-state index contributed by atoms with van der Waals surface area (Å²) in [7, 11) is 3.84. The van der Waals surface area contributed by atoms with Crippen molar-refractivity contribution in [2.45, 2.75) is 57.8 Å². The second kappa shape index (κ2) is 11.8. The first-order valence-corrected chi connectivity index (χ1v) is 7.27. The predicted octanol–water partition coefficient (Wildman–Crippen LogP) is 0.424. The number of aliphatic carboxylic acids is 1. The lowest BCUT2D eigenvalue weighted by Gasteiger charge is -2.04. The molecule has 0 radical (unpaired) electrons. The van der Waals surface area contributed by atoms with Crippen LogP contribution in [0.1, 0.15) is 57.8 Å². The van der Waals surface area contributed by atoms with E-state index in [1.54, 1.807) is 0 Å². The van der Waals surface area contributed by atoms with Gasteiger partial charge >= 0.3 is 5.96 Å². The van der Waals surface area contributed by atoms with Crippen molar-refractivity contribution >= 4 is 11.9 Å². The highest BCUT2D eigenvalue weighted by Gasteiger charge is 1.98. The fourth-order valence-corrected chi connectivity index (χ4v) is 1.83. The van der Waals surface area contributed by atoms with Crippen LogP contribution >= 0.6 is 0 Å². The van der Waals surface area contributed by atoms with Gasteiger partial charge in [-0.05, 0) is 19.3 Å². The second-order valence-electron chi connectivity index (χ2n) is 5.16. The van der Waals surface area contributed by atoms with E-state index >= 15 is 0 Å². The third-order valence-electron chi connectivity index (χ3n) is 3.10. The van der Waals surface area contributed by atoms with Gasteiger partial charge in [0.05, 0.1) is 20.6 Å². The summed E-state index contributed by atoms with van der Waals surface area (Å²) in [5.74, 6) is -0.214. The molecule has 0 aliphatic rings. The number of nitrogens with zero attached hydrogens (tertiary/aromatic N) is 1. The van der Waals surface area contributed by atoms with Gasteiger partial charge in [0, 0.05) is 5.97 Å². The second-order valence-corrected chi connectivity index (χ2v) is 5.16. The SMILES string of the molecule is C[N+](C)=C(N)NCCCCCCCCCCC(=O)[O-]. The maximum absolute atomic E-state index is 10.2. The highest BCUT2D eigenvalue weighted by molar-refractivity contribution is 5.72. The normalized spacial score (nSPS) is 10.2. The molecule has 5 nitrogen and oxygen atoms in total. The Bertz CT molecular complexity index is 274. The van der Waals surface area contributed by atoms with Crippen LogP contribution in [0.2, 0.25) is 0 Å². The van der Waals surface area contributed by atoms with E-state index in [0.717, 1.165) is 32.2 Å². The number of carbonyl (C=O) groups is 1. The zero-order valence-corrected chi connectivity index (χ0v) is 12.4. The quantitative estimate of drug-likeness (QED) is 0.247. The molecule has 112 valence electrons. The molecule has 3 N–H and O–H groups in total. The average Bonchev–Trinajstić information content (AvgIpc) is 2.35. The molecule has 0 saturated carbocycles. The van der Waals surface area contributed by atoms with Crippen LogP contribution in [0.15, 0.2) is 0 Å². The predicted molar refractivity (Wildman–Crippen MR) is 75.9 cm³/mol. The van der Waals surface area contributed by atoms with Crippen molar-refractivity contribution in [3.05, 3.63) is 0 Å². The van der Waals surface area contributed by atoms with Crippen molar-refractivity contribution in [3.63, 3.8) is 0 Å². The van der Waals surface area contributed by atoms with E-state index in [0.29, 0.717) is 5.96 Å². The van der Waals surface area contributed by atoms with Crippen LogP contribution in [-0.2, 0) is 4.79 Å². The van der Waals surface area contributed by atoms with E-state index < -0.39 is 5.97 Å². The van der Waals surface area contributed by atoms with E-state index in [4.69, 9.17) is 5.73 Å². The fraction of sp³-hybridized carbons (Fsp3) is 0.857. The molecule has 0 amide bonds. The Kier molecular flexibility index (Phi) is 11.0. The molecular weight excluding hydrogens is 242 g/mol. The molecule has 5 heteroatoms. The lowest BCUT2D eigenvalue weighted by Crippen LogP contribution is -2.38. The van der Waals surface area contributed by atoms with Gasteiger partial charge in [-0.3, -0.25) is 15.6 Å². The van der Waals surface area contributed by atoms with Gasteiger partial charge in [0.2, 0.25) is 0 Å². The molecule has 0 unspecified atom stereocenters. The molecule has 0 fully saturated rings. The van der Waals surface area contributed by atoms with Crippen molar-refractivity contribution in [1.82, 2.24) is 5.32 Å². The van der Waals surface area contributed by atoms with Gasteiger partial charge in [0.15, 0.2) is 0 Å². The van der Waals surface area contributed by atoms with Gasteiger partial charge in [-0.15, -0.1) is 0 Å². The van der Waals surface area contributed by atoms with Gasteiger partial charge in [-0.2, -0.15) is 0 Å². The Labute approximate surface area is 116 Å². The van der Waals surface area contributed by atoms with Crippen molar-refractivity contribution < 1.29 is 14.5 Å². The largest absolute Gasteiger partial charge is 0.550 e. The van der Waals surface area contributed by atoms with Crippen molar-refractivity contribution in [2.75, 3.05) is 20.6 Å². The first-order valence-electron chi connectivity index (χ1n) is 7.27. The molecule has 0 aliphatic carbocycles. The van der Waals surface area contributed by atoms with E-state index in [-0.39, 0.29) is 6.42 Å². The first kappa shape index (κ1) is 17.7. The molecule has 0 spiro atoms. The van der Waals surface area contributed by atoms with Crippen LogP contribution in [0, 0.1) is 0 Å². The Morgan fingerprint density at radius 3 is 1.95 bits per heavy atom. The number of hydrogen-bond acceptors (Lipinski definition) is 2. The van der Waals surface area contributed by atoms with Crippen molar-refractivity contribution in [3.8, 4) is 0 Å². The topological polar surface area (TPSA) is 81.2 Å². The van der Waals surface area contributed by atoms with E-state index in [1.165, 1.54) is 25.7 Å². The number of rotatable bonds is 11. The number of nitrogens with one attached hydrogen (secondary N) is 1. The Hall–Kier alpha value is -1.26. The summed E-state index contributed by atoms with van der Waals surface area (Å²) < 4.78 is 1.87. The lowest BCUT2D eigenvalue weighted by molar-refractivity contribution is -0.467. The molecule has 19 heavy (non-hydrogen) atoms. The standard InChI is InChI=1S/C14H29N3O2/c1-17(2)14(15)16-12-10-8-6-4-3-5-7-9-11-13(18)19/h3-12H2,1-2H3,(H3,15,16,18,19). The zero-order valence-electron chi connectivity index (χ0n) is 12.4. The number of carbonyl (C=O) groups excluding carboxylic acids is 1. The Balaban J connectivity index is 3.15. The molecule has 0 aliphatic heterocycles. The summed E-state index contributed by atoms with van der Waals surface area (Å²) in [5.41, 5.74) is 5.73. The summed E-state index contributed by atoms with van der Waals surface area (Å²) in [6.07, 6.45) is 9.12. The smallest absolute Gasteiger partial charge is 0.342 e. The van der Waals surface area contributed by atoms with Gasteiger partial charge < -0.3 is 9.90 Å². The summed E-state index contributed by atoms with van der Waals surface area (Å²) in [6, 6.07) is 0. The molecule has 0 aromatic carbocycles. The first-order chi connectivity index (χ1) is 9.04. The van der Waals surface area contributed by atoms with E-state index in [2.05, 4.69) is 5.32 Å². The highest BCUT2D eigenvalue weighted by atomic mass is 16.4. The summed E-state index contributed by atoms with van der Waals surface area (Å²) in [4.78, 5) is 10.2. The number of nitrogens with two attached hydrogens (primary N) is 1. The lowest BCUT2D eigenvalue weighted by atomic mass is 10.1. The summed E-state index contributed by atoms with van der Waals surface area (Å²) in [6.45, 7) is 0.926. The molecule has 0 bridgehead atoms. The molecule has 0 heterocycles. The van der Waals surface area contributed by atoms with Crippen LogP contribution in [0.4, 0.5) is 0 Å². The molecule has 0 saturated heterocycles. The maximum atomic E-state index is 10.2.